The summed E-state index contributed by atoms with van der Waals surface area (Å²) in [5.74, 6) is 0. The molecule has 8 nitrogen and oxygen atoms in total. The molecule has 0 radical (unpaired) electrons. The molecule has 182 valence electrons. The fourth-order valence-corrected chi connectivity index (χ4v) is 6.21. The lowest BCUT2D eigenvalue weighted by Gasteiger charge is -2.28. The minimum atomic E-state index is -3.58. The molecule has 2 saturated heterocycles. The minimum absolute atomic E-state index is 0.342. The summed E-state index contributed by atoms with van der Waals surface area (Å²) in [7, 11) is -1.88. The first-order valence-corrected chi connectivity index (χ1v) is 13.2. The van der Waals surface area contributed by atoms with Gasteiger partial charge < -0.3 is 24.3 Å². The van der Waals surface area contributed by atoms with Crippen LogP contribution in [0, 0.1) is 13.8 Å². The zero-order chi connectivity index (χ0) is 23.4. The van der Waals surface area contributed by atoms with Gasteiger partial charge in [-0.05, 0) is 56.5 Å². The second-order valence-corrected chi connectivity index (χ2v) is 10.7. The maximum absolute atomic E-state index is 13.4. The van der Waals surface area contributed by atoms with E-state index in [0.717, 1.165) is 61.8 Å². The molecule has 0 bridgehead atoms. The van der Waals surface area contributed by atoms with Crippen molar-refractivity contribution in [2.45, 2.75) is 38.1 Å². The number of morpholine rings is 1. The average molecular weight is 477 g/mol. The Bertz CT molecular complexity index is 1050. The van der Waals surface area contributed by atoms with Gasteiger partial charge in [-0.2, -0.15) is 4.31 Å². The van der Waals surface area contributed by atoms with Crippen molar-refractivity contribution in [1.82, 2.24) is 14.2 Å². The highest BCUT2D eigenvalue weighted by atomic mass is 32.2. The maximum Gasteiger partial charge on any atom is 0.243 e. The summed E-state index contributed by atoms with van der Waals surface area (Å²) >= 11 is 0. The number of rotatable bonds is 9. The van der Waals surface area contributed by atoms with Gasteiger partial charge in [0.05, 0.1) is 36.1 Å². The SMILES string of the molecule is COCCNCc1cc(C)n(-c2cc(S(=O)(=O)N3CCOCC3)ccc2N2CCCC2)c1C. The van der Waals surface area contributed by atoms with Gasteiger partial charge in [0, 0.05) is 57.8 Å². The first-order chi connectivity index (χ1) is 15.9. The fraction of sp³-hybridized carbons (Fsp3) is 0.583. The van der Waals surface area contributed by atoms with Crippen molar-refractivity contribution in [3.05, 3.63) is 41.2 Å². The Kier molecular flexibility index (Phi) is 7.76. The topological polar surface area (TPSA) is 76.0 Å². The van der Waals surface area contributed by atoms with Gasteiger partial charge in [0.15, 0.2) is 0 Å². The minimum Gasteiger partial charge on any atom is -0.383 e. The predicted molar refractivity (Wildman–Crippen MR) is 130 cm³/mol. The largest absolute Gasteiger partial charge is 0.383 e. The van der Waals surface area contributed by atoms with E-state index in [2.05, 4.69) is 34.7 Å². The third-order valence-electron chi connectivity index (χ3n) is 6.58. The molecule has 0 spiro atoms. The molecule has 1 aromatic carbocycles. The number of nitrogens with one attached hydrogen (secondary N) is 1. The Balaban J connectivity index is 1.74. The second kappa shape index (κ2) is 10.6. The molecule has 1 N–H and O–H groups in total. The number of benzene rings is 1. The van der Waals surface area contributed by atoms with Crippen molar-refractivity contribution in [3.63, 3.8) is 0 Å². The molecule has 0 atom stereocenters. The van der Waals surface area contributed by atoms with Crippen LogP contribution in [0.2, 0.25) is 0 Å². The van der Waals surface area contributed by atoms with Crippen LogP contribution in [0.3, 0.4) is 0 Å². The summed E-state index contributed by atoms with van der Waals surface area (Å²) in [4.78, 5) is 2.71. The molecule has 0 aliphatic carbocycles. The van der Waals surface area contributed by atoms with E-state index in [1.54, 1.807) is 13.2 Å². The molecule has 0 unspecified atom stereocenters. The Labute approximate surface area is 197 Å². The average Bonchev–Trinajstić information content (AvgIpc) is 3.45. The van der Waals surface area contributed by atoms with Crippen molar-refractivity contribution in [3.8, 4) is 5.69 Å². The van der Waals surface area contributed by atoms with Crippen LogP contribution in [0.25, 0.3) is 5.69 Å². The number of hydrogen-bond acceptors (Lipinski definition) is 6. The Hall–Kier alpha value is -1.91. The summed E-state index contributed by atoms with van der Waals surface area (Å²) in [5, 5.41) is 3.42. The van der Waals surface area contributed by atoms with Crippen LogP contribution in [0.5, 0.6) is 0 Å². The molecule has 33 heavy (non-hydrogen) atoms. The second-order valence-electron chi connectivity index (χ2n) is 8.76. The number of hydrogen-bond donors (Lipinski definition) is 1. The molecule has 1 aromatic heterocycles. The van der Waals surface area contributed by atoms with E-state index in [1.165, 1.54) is 9.87 Å². The van der Waals surface area contributed by atoms with E-state index in [4.69, 9.17) is 9.47 Å². The van der Waals surface area contributed by atoms with Crippen LogP contribution in [-0.4, -0.2) is 76.9 Å². The predicted octanol–water partition coefficient (Wildman–Crippen LogP) is 2.45. The third kappa shape index (κ3) is 5.12. The van der Waals surface area contributed by atoms with E-state index < -0.39 is 10.0 Å². The van der Waals surface area contributed by atoms with Gasteiger partial charge >= 0.3 is 0 Å². The molecular weight excluding hydrogens is 440 g/mol. The number of nitrogens with zero attached hydrogens (tertiary/aromatic N) is 3. The van der Waals surface area contributed by atoms with Crippen LogP contribution in [0.4, 0.5) is 5.69 Å². The monoisotopic (exact) mass is 476 g/mol. The van der Waals surface area contributed by atoms with Crippen LogP contribution < -0.4 is 10.2 Å². The lowest BCUT2D eigenvalue weighted by atomic mass is 10.2. The summed E-state index contributed by atoms with van der Waals surface area (Å²) in [6, 6.07) is 7.80. The quantitative estimate of drug-likeness (QED) is 0.561. The van der Waals surface area contributed by atoms with E-state index in [1.807, 2.05) is 12.1 Å². The van der Waals surface area contributed by atoms with Gasteiger partial charge in [0.1, 0.15) is 0 Å². The molecule has 4 rings (SSSR count). The van der Waals surface area contributed by atoms with Gasteiger partial charge in [0.25, 0.3) is 0 Å². The van der Waals surface area contributed by atoms with Crippen LogP contribution >= 0.6 is 0 Å². The van der Waals surface area contributed by atoms with E-state index in [0.29, 0.717) is 37.8 Å². The van der Waals surface area contributed by atoms with Crippen molar-refractivity contribution < 1.29 is 17.9 Å². The normalized spacial score (nSPS) is 17.7. The van der Waals surface area contributed by atoms with Gasteiger partial charge in [-0.3, -0.25) is 0 Å². The smallest absolute Gasteiger partial charge is 0.243 e. The van der Waals surface area contributed by atoms with Crippen LogP contribution in [0.15, 0.2) is 29.2 Å². The van der Waals surface area contributed by atoms with E-state index >= 15 is 0 Å². The van der Waals surface area contributed by atoms with Crippen molar-refractivity contribution in [1.29, 1.82) is 0 Å². The van der Waals surface area contributed by atoms with Crippen molar-refractivity contribution in [2.75, 3.05) is 64.6 Å². The number of aromatic nitrogens is 1. The highest BCUT2D eigenvalue weighted by molar-refractivity contribution is 7.89. The highest BCUT2D eigenvalue weighted by Gasteiger charge is 2.28. The first-order valence-electron chi connectivity index (χ1n) is 11.8. The Morgan fingerprint density at radius 2 is 1.76 bits per heavy atom. The number of methoxy groups -OCH3 is 1. The van der Waals surface area contributed by atoms with Crippen molar-refractivity contribution in [2.24, 2.45) is 0 Å². The molecule has 3 heterocycles. The summed E-state index contributed by atoms with van der Waals surface area (Å²) in [6.07, 6.45) is 2.32. The van der Waals surface area contributed by atoms with Gasteiger partial charge in [-0.25, -0.2) is 8.42 Å². The van der Waals surface area contributed by atoms with Gasteiger partial charge in [-0.1, -0.05) is 0 Å². The molecule has 0 amide bonds. The summed E-state index contributed by atoms with van der Waals surface area (Å²) < 4.78 is 41.1. The molecule has 2 aliphatic heterocycles. The lowest BCUT2D eigenvalue weighted by molar-refractivity contribution is 0.0730. The molecule has 9 heteroatoms. The number of anilines is 1. The fourth-order valence-electron chi connectivity index (χ4n) is 4.78. The maximum atomic E-state index is 13.4. The molecule has 0 saturated carbocycles. The lowest BCUT2D eigenvalue weighted by Crippen LogP contribution is -2.40. The molecular formula is C24H36N4O4S. The highest BCUT2D eigenvalue weighted by Crippen LogP contribution is 2.34. The Morgan fingerprint density at radius 3 is 2.45 bits per heavy atom. The van der Waals surface area contributed by atoms with Crippen LogP contribution in [-0.2, 0) is 26.0 Å². The van der Waals surface area contributed by atoms with Gasteiger partial charge in [-0.15, -0.1) is 0 Å². The van der Waals surface area contributed by atoms with Crippen molar-refractivity contribution >= 4 is 15.7 Å². The molecule has 2 aromatic rings. The number of ether oxygens (including phenoxy) is 2. The summed E-state index contributed by atoms with van der Waals surface area (Å²) in [5.41, 5.74) is 5.45. The number of aryl methyl sites for hydroxylation is 1. The summed E-state index contributed by atoms with van der Waals surface area (Å²) in [6.45, 7) is 10.0. The zero-order valence-corrected chi connectivity index (χ0v) is 20.8. The van der Waals surface area contributed by atoms with Crippen LogP contribution in [0.1, 0.15) is 29.8 Å². The molecule has 2 fully saturated rings. The van der Waals surface area contributed by atoms with Gasteiger partial charge in [0.2, 0.25) is 10.0 Å². The zero-order valence-electron chi connectivity index (χ0n) is 20.0. The standard InChI is InChI=1S/C24H36N4O4S/c1-19-16-21(18-25-8-13-31-3)20(2)28(19)24-17-22(6-7-23(24)26-9-4-5-10-26)33(29,30)27-11-14-32-15-12-27/h6-7,16-17,25H,4-5,8-15,18H2,1-3H3. The third-order valence-corrected chi connectivity index (χ3v) is 8.47. The first kappa shape index (κ1) is 24.2. The number of sulfonamides is 1. The van der Waals surface area contributed by atoms with E-state index in [9.17, 15) is 8.42 Å². The van der Waals surface area contributed by atoms with E-state index in [-0.39, 0.29) is 0 Å². The Morgan fingerprint density at radius 1 is 1.03 bits per heavy atom. The molecule has 2 aliphatic rings.